The summed E-state index contributed by atoms with van der Waals surface area (Å²) in [5.74, 6) is 0.423. The van der Waals surface area contributed by atoms with Crippen LogP contribution in [0.2, 0.25) is 0 Å². The summed E-state index contributed by atoms with van der Waals surface area (Å²) in [6.45, 7) is 0.472. The Morgan fingerprint density at radius 2 is 1.63 bits per heavy atom. The molecular formula is C22H18BrN3O4. The van der Waals surface area contributed by atoms with Crippen LogP contribution in [0.25, 0.3) is 0 Å². The van der Waals surface area contributed by atoms with Crippen LogP contribution in [0.15, 0.2) is 82.4 Å². The third-order valence-corrected chi connectivity index (χ3v) is 4.64. The van der Waals surface area contributed by atoms with Crippen LogP contribution < -0.4 is 10.2 Å². The summed E-state index contributed by atoms with van der Waals surface area (Å²) >= 11 is 3.40. The van der Waals surface area contributed by atoms with E-state index in [9.17, 15) is 14.9 Å². The second-order valence-corrected chi connectivity index (χ2v) is 7.29. The number of benzene rings is 3. The summed E-state index contributed by atoms with van der Waals surface area (Å²) in [6, 6.07) is 21.1. The third-order valence-electron chi connectivity index (χ3n) is 4.11. The van der Waals surface area contributed by atoms with Crippen LogP contribution in [0, 0.1) is 10.1 Å². The molecule has 0 heterocycles. The molecule has 0 aromatic heterocycles. The molecule has 0 radical (unpaired) electrons. The Balaban J connectivity index is 1.45. The molecule has 1 amide bonds. The molecule has 8 heteroatoms. The van der Waals surface area contributed by atoms with Crippen LogP contribution in [-0.4, -0.2) is 17.0 Å². The number of carbonyl (C=O) groups is 1. The maximum atomic E-state index is 11.9. The standard InChI is InChI=1S/C22H18BrN3O4/c23-19-7-1-18(2-8-19)15-30-21-11-5-17(6-12-21)14-24-25-22(27)13-16-3-9-20(10-4-16)26(28)29/h1-12,14H,13,15H2,(H,25,27)/b24-14+. The van der Waals surface area contributed by atoms with Crippen LogP contribution in [0.5, 0.6) is 5.75 Å². The first-order chi connectivity index (χ1) is 14.5. The van der Waals surface area contributed by atoms with E-state index in [0.717, 1.165) is 21.3 Å². The van der Waals surface area contributed by atoms with Gasteiger partial charge in [0, 0.05) is 16.6 Å². The normalized spacial score (nSPS) is 10.7. The molecule has 0 aliphatic heterocycles. The molecule has 0 bridgehead atoms. The van der Waals surface area contributed by atoms with Gasteiger partial charge in [-0.05, 0) is 53.1 Å². The summed E-state index contributed by atoms with van der Waals surface area (Å²) in [5, 5.41) is 14.6. The number of hydrogen-bond acceptors (Lipinski definition) is 5. The number of amides is 1. The molecule has 0 saturated carbocycles. The first-order valence-electron chi connectivity index (χ1n) is 9.02. The van der Waals surface area contributed by atoms with E-state index in [4.69, 9.17) is 4.74 Å². The Bertz CT molecular complexity index is 1030. The summed E-state index contributed by atoms with van der Waals surface area (Å²) in [5.41, 5.74) is 4.98. The molecule has 0 atom stereocenters. The van der Waals surface area contributed by atoms with Crippen molar-refractivity contribution in [2.45, 2.75) is 13.0 Å². The van der Waals surface area contributed by atoms with Gasteiger partial charge in [-0.15, -0.1) is 0 Å². The number of nitrogens with zero attached hydrogens (tertiary/aromatic N) is 2. The minimum absolute atomic E-state index is 0.0125. The monoisotopic (exact) mass is 467 g/mol. The quantitative estimate of drug-likeness (QED) is 0.296. The lowest BCUT2D eigenvalue weighted by atomic mass is 10.1. The largest absolute Gasteiger partial charge is 0.489 e. The van der Waals surface area contributed by atoms with Gasteiger partial charge in [0.15, 0.2) is 0 Å². The van der Waals surface area contributed by atoms with Crippen molar-refractivity contribution in [3.8, 4) is 5.75 Å². The molecular weight excluding hydrogens is 450 g/mol. The number of hydrogen-bond donors (Lipinski definition) is 1. The number of ether oxygens (including phenoxy) is 1. The van der Waals surface area contributed by atoms with Crippen LogP contribution in [0.4, 0.5) is 5.69 Å². The zero-order valence-corrected chi connectivity index (χ0v) is 17.4. The number of halogens is 1. The molecule has 3 aromatic carbocycles. The average Bonchev–Trinajstić information content (AvgIpc) is 2.74. The van der Waals surface area contributed by atoms with Crippen molar-refractivity contribution in [2.75, 3.05) is 0 Å². The fourth-order valence-corrected chi connectivity index (χ4v) is 2.80. The molecule has 7 nitrogen and oxygen atoms in total. The molecule has 0 spiro atoms. The first kappa shape index (κ1) is 21.2. The summed E-state index contributed by atoms with van der Waals surface area (Å²) in [7, 11) is 0. The van der Waals surface area contributed by atoms with Crippen LogP contribution >= 0.6 is 15.9 Å². The highest BCUT2D eigenvalue weighted by molar-refractivity contribution is 9.10. The van der Waals surface area contributed by atoms with Crippen molar-refractivity contribution in [1.29, 1.82) is 0 Å². The second-order valence-electron chi connectivity index (χ2n) is 6.38. The zero-order valence-electron chi connectivity index (χ0n) is 15.8. The number of hydrazone groups is 1. The van der Waals surface area contributed by atoms with E-state index in [1.165, 1.54) is 18.3 Å². The maximum absolute atomic E-state index is 11.9. The molecule has 0 fully saturated rings. The molecule has 30 heavy (non-hydrogen) atoms. The summed E-state index contributed by atoms with van der Waals surface area (Å²) in [4.78, 5) is 22.1. The minimum Gasteiger partial charge on any atom is -0.489 e. The van der Waals surface area contributed by atoms with E-state index < -0.39 is 4.92 Å². The molecule has 152 valence electrons. The van der Waals surface area contributed by atoms with Gasteiger partial charge in [0.25, 0.3) is 5.69 Å². The highest BCUT2D eigenvalue weighted by Gasteiger charge is 2.06. The predicted octanol–water partition coefficient (Wildman–Crippen LogP) is 4.63. The van der Waals surface area contributed by atoms with Gasteiger partial charge in [0.05, 0.1) is 17.6 Å². The fourth-order valence-electron chi connectivity index (χ4n) is 2.54. The van der Waals surface area contributed by atoms with Gasteiger partial charge in [0.2, 0.25) is 5.91 Å². The Morgan fingerprint density at radius 1 is 1.00 bits per heavy atom. The first-order valence-corrected chi connectivity index (χ1v) is 9.81. The van der Waals surface area contributed by atoms with Crippen molar-refractivity contribution in [3.63, 3.8) is 0 Å². The Kier molecular flexibility index (Phi) is 7.29. The predicted molar refractivity (Wildman–Crippen MR) is 117 cm³/mol. The third kappa shape index (κ3) is 6.52. The maximum Gasteiger partial charge on any atom is 0.269 e. The highest BCUT2D eigenvalue weighted by Crippen LogP contribution is 2.16. The van der Waals surface area contributed by atoms with Crippen molar-refractivity contribution in [1.82, 2.24) is 5.43 Å². The summed E-state index contributed by atoms with van der Waals surface area (Å²) < 4.78 is 6.77. The van der Waals surface area contributed by atoms with Gasteiger partial charge in [-0.3, -0.25) is 14.9 Å². The smallest absolute Gasteiger partial charge is 0.269 e. The average molecular weight is 468 g/mol. The molecule has 3 rings (SSSR count). The van der Waals surface area contributed by atoms with E-state index in [1.807, 2.05) is 48.5 Å². The zero-order chi connectivity index (χ0) is 21.3. The topological polar surface area (TPSA) is 93.8 Å². The molecule has 0 aliphatic rings. The lowest BCUT2D eigenvalue weighted by Gasteiger charge is -2.06. The highest BCUT2D eigenvalue weighted by atomic mass is 79.9. The molecule has 0 unspecified atom stereocenters. The van der Waals surface area contributed by atoms with Gasteiger partial charge in [-0.25, -0.2) is 5.43 Å². The van der Waals surface area contributed by atoms with E-state index in [0.29, 0.717) is 12.2 Å². The minimum atomic E-state index is -0.481. The molecule has 0 aliphatic carbocycles. The number of carbonyl (C=O) groups excluding carboxylic acids is 1. The number of nitro benzene ring substituents is 1. The van der Waals surface area contributed by atoms with E-state index >= 15 is 0 Å². The van der Waals surface area contributed by atoms with Gasteiger partial charge in [-0.1, -0.05) is 40.2 Å². The molecule has 0 saturated heterocycles. The number of nitro groups is 1. The van der Waals surface area contributed by atoms with Crippen molar-refractivity contribution >= 4 is 33.7 Å². The van der Waals surface area contributed by atoms with Gasteiger partial charge >= 0.3 is 0 Å². The lowest BCUT2D eigenvalue weighted by molar-refractivity contribution is -0.384. The van der Waals surface area contributed by atoms with Crippen LogP contribution in [0.1, 0.15) is 16.7 Å². The van der Waals surface area contributed by atoms with Crippen LogP contribution in [0.3, 0.4) is 0 Å². The van der Waals surface area contributed by atoms with E-state index in [-0.39, 0.29) is 18.0 Å². The van der Waals surface area contributed by atoms with Crippen molar-refractivity contribution in [3.05, 3.63) is 104 Å². The van der Waals surface area contributed by atoms with Crippen molar-refractivity contribution < 1.29 is 14.5 Å². The molecule has 1 N–H and O–H groups in total. The number of non-ortho nitro benzene ring substituents is 1. The number of rotatable bonds is 8. The Morgan fingerprint density at radius 3 is 2.27 bits per heavy atom. The lowest BCUT2D eigenvalue weighted by Crippen LogP contribution is -2.19. The van der Waals surface area contributed by atoms with Crippen molar-refractivity contribution in [2.24, 2.45) is 5.10 Å². The Labute approximate surface area is 181 Å². The SMILES string of the molecule is O=C(Cc1ccc([N+](=O)[O-])cc1)N/N=C/c1ccc(OCc2ccc(Br)cc2)cc1. The Hall–Kier alpha value is -3.52. The fraction of sp³-hybridized carbons (Fsp3) is 0.0909. The van der Waals surface area contributed by atoms with Crippen LogP contribution in [-0.2, 0) is 17.8 Å². The number of nitrogens with one attached hydrogen (secondary N) is 1. The van der Waals surface area contributed by atoms with E-state index in [2.05, 4.69) is 26.5 Å². The summed E-state index contributed by atoms with van der Waals surface area (Å²) in [6.07, 6.45) is 1.62. The van der Waals surface area contributed by atoms with Gasteiger partial charge in [0.1, 0.15) is 12.4 Å². The van der Waals surface area contributed by atoms with E-state index in [1.54, 1.807) is 12.1 Å². The second kappa shape index (κ2) is 10.3. The van der Waals surface area contributed by atoms with Gasteiger partial charge < -0.3 is 4.74 Å². The van der Waals surface area contributed by atoms with Gasteiger partial charge in [-0.2, -0.15) is 5.10 Å². The molecule has 3 aromatic rings.